The van der Waals surface area contributed by atoms with Crippen LogP contribution in [-0.4, -0.2) is 38.4 Å². The molecule has 2 heterocycles. The fourth-order valence-corrected chi connectivity index (χ4v) is 3.48. The lowest BCUT2D eigenvalue weighted by molar-refractivity contribution is 0.102. The molecule has 0 amide bonds. The van der Waals surface area contributed by atoms with Crippen molar-refractivity contribution in [3.63, 3.8) is 0 Å². The van der Waals surface area contributed by atoms with Gasteiger partial charge in [-0.1, -0.05) is 11.8 Å². The number of benzene rings is 1. The van der Waals surface area contributed by atoms with E-state index >= 15 is 0 Å². The van der Waals surface area contributed by atoms with E-state index in [1.165, 1.54) is 4.57 Å². The number of anilines is 1. The van der Waals surface area contributed by atoms with Crippen LogP contribution in [0.4, 0.5) is 5.82 Å². The summed E-state index contributed by atoms with van der Waals surface area (Å²) < 4.78 is 11.9. The third-order valence-electron chi connectivity index (χ3n) is 4.44. The lowest BCUT2D eigenvalue weighted by Crippen LogP contribution is -2.36. The molecule has 3 aromatic rings. The molecule has 3 N–H and O–H groups in total. The topological polar surface area (TPSA) is 146 Å². The molecule has 150 valence electrons. The summed E-state index contributed by atoms with van der Waals surface area (Å²) in [7, 11) is 1.57. The van der Waals surface area contributed by atoms with Gasteiger partial charge < -0.3 is 14.9 Å². The van der Waals surface area contributed by atoms with Crippen molar-refractivity contribution in [1.82, 2.24) is 19.7 Å². The third-order valence-corrected chi connectivity index (χ3v) is 5.26. The van der Waals surface area contributed by atoms with Gasteiger partial charge in [0.2, 0.25) is 5.89 Å². The van der Waals surface area contributed by atoms with Crippen LogP contribution in [0.1, 0.15) is 29.2 Å². The lowest BCUT2D eigenvalue weighted by atomic mass is 10.2. The summed E-state index contributed by atoms with van der Waals surface area (Å²) in [5, 5.41) is 8.04. The van der Waals surface area contributed by atoms with E-state index in [-0.39, 0.29) is 28.4 Å². The van der Waals surface area contributed by atoms with Gasteiger partial charge in [0.05, 0.1) is 12.9 Å². The van der Waals surface area contributed by atoms with Crippen molar-refractivity contribution >= 4 is 23.4 Å². The van der Waals surface area contributed by atoms with Crippen LogP contribution < -0.4 is 21.7 Å². The van der Waals surface area contributed by atoms with Crippen LogP contribution in [0.3, 0.4) is 0 Å². The fraction of sp³-hybridized carbons (Fsp3) is 0.278. The Kier molecular flexibility index (Phi) is 4.97. The molecular formula is C18H17N5O5S. The van der Waals surface area contributed by atoms with E-state index < -0.39 is 17.0 Å². The van der Waals surface area contributed by atoms with Crippen LogP contribution in [0.25, 0.3) is 11.5 Å². The number of nitrogens with zero attached hydrogens (tertiary/aromatic N) is 3. The number of carbonyl (C=O) groups excluding carboxylic acids is 1. The maximum atomic E-state index is 12.6. The molecule has 0 spiro atoms. The molecule has 0 atom stereocenters. The molecular weight excluding hydrogens is 398 g/mol. The molecule has 1 aromatic carbocycles. The first-order valence-corrected chi connectivity index (χ1v) is 9.74. The Labute approximate surface area is 168 Å². The molecule has 11 heteroatoms. The van der Waals surface area contributed by atoms with E-state index in [0.717, 1.165) is 24.6 Å². The number of ether oxygens (including phenoxy) is 1. The first kappa shape index (κ1) is 19.0. The van der Waals surface area contributed by atoms with Gasteiger partial charge in [0.15, 0.2) is 5.78 Å². The van der Waals surface area contributed by atoms with E-state index in [0.29, 0.717) is 17.2 Å². The van der Waals surface area contributed by atoms with Gasteiger partial charge in [-0.2, -0.15) is 0 Å². The van der Waals surface area contributed by atoms with Crippen LogP contribution in [0.2, 0.25) is 0 Å². The number of aromatic amines is 1. The second-order valence-electron chi connectivity index (χ2n) is 6.43. The van der Waals surface area contributed by atoms with Gasteiger partial charge >= 0.3 is 5.69 Å². The van der Waals surface area contributed by atoms with Crippen LogP contribution in [-0.2, 0) is 0 Å². The molecule has 4 rings (SSSR count). The fourth-order valence-electron chi connectivity index (χ4n) is 2.85. The van der Waals surface area contributed by atoms with Crippen LogP contribution in [0, 0.1) is 0 Å². The van der Waals surface area contributed by atoms with Crippen LogP contribution >= 0.6 is 11.8 Å². The molecule has 2 aromatic heterocycles. The zero-order chi connectivity index (χ0) is 20.5. The molecule has 10 nitrogen and oxygen atoms in total. The zero-order valence-electron chi connectivity index (χ0n) is 15.4. The third kappa shape index (κ3) is 3.81. The highest BCUT2D eigenvalue weighted by Gasteiger charge is 2.30. The summed E-state index contributed by atoms with van der Waals surface area (Å²) in [5.41, 5.74) is 5.04. The number of H-pyrrole nitrogens is 1. The van der Waals surface area contributed by atoms with Gasteiger partial charge in [0.25, 0.3) is 10.8 Å². The summed E-state index contributed by atoms with van der Waals surface area (Å²) in [6.07, 6.45) is 1.57. The second-order valence-corrected chi connectivity index (χ2v) is 7.36. The van der Waals surface area contributed by atoms with E-state index in [9.17, 15) is 14.4 Å². The number of carbonyl (C=O) groups is 1. The Balaban J connectivity index is 1.49. The number of nitrogens with one attached hydrogen (secondary N) is 1. The average Bonchev–Trinajstić information content (AvgIpc) is 3.42. The van der Waals surface area contributed by atoms with Crippen molar-refractivity contribution in [2.45, 2.75) is 24.1 Å². The summed E-state index contributed by atoms with van der Waals surface area (Å²) in [5.74, 6) is 0.232. The Bertz CT molecular complexity index is 1180. The average molecular weight is 415 g/mol. The Morgan fingerprint density at radius 3 is 2.69 bits per heavy atom. The second kappa shape index (κ2) is 7.59. The SMILES string of the molecule is COc1ccc(-c2nnc(SCC(=O)c3c(N)n(C4CC4)c(=O)[nH]c3=O)o2)cc1. The highest BCUT2D eigenvalue weighted by molar-refractivity contribution is 7.99. The summed E-state index contributed by atoms with van der Waals surface area (Å²) >= 11 is 0.988. The van der Waals surface area contributed by atoms with E-state index in [2.05, 4.69) is 15.2 Å². The lowest BCUT2D eigenvalue weighted by Gasteiger charge is -2.10. The van der Waals surface area contributed by atoms with Crippen LogP contribution in [0.5, 0.6) is 5.75 Å². The number of rotatable bonds is 7. The summed E-state index contributed by atoms with van der Waals surface area (Å²) in [6, 6.07) is 7.00. The van der Waals surface area contributed by atoms with Crippen molar-refractivity contribution in [3.05, 3.63) is 50.7 Å². The molecule has 1 fully saturated rings. The number of hydrogen-bond donors (Lipinski definition) is 2. The Hall–Kier alpha value is -3.34. The van der Waals surface area contributed by atoms with E-state index in [1.54, 1.807) is 31.4 Å². The number of ketones is 1. The molecule has 1 aliphatic rings. The number of hydrogen-bond acceptors (Lipinski definition) is 9. The zero-order valence-corrected chi connectivity index (χ0v) is 16.2. The number of nitrogen functional groups attached to an aromatic ring is 1. The smallest absolute Gasteiger partial charge is 0.330 e. The molecule has 0 unspecified atom stereocenters. The van der Waals surface area contributed by atoms with Crippen molar-refractivity contribution in [2.75, 3.05) is 18.6 Å². The van der Waals surface area contributed by atoms with Crippen molar-refractivity contribution in [3.8, 4) is 17.2 Å². The van der Waals surface area contributed by atoms with Gasteiger partial charge in [0, 0.05) is 11.6 Å². The number of nitrogens with two attached hydrogens (primary N) is 1. The predicted octanol–water partition coefficient (Wildman–Crippen LogP) is 1.49. The summed E-state index contributed by atoms with van der Waals surface area (Å²) in [6.45, 7) is 0. The number of Topliss-reactive ketones (excluding diaryl/α,β-unsaturated/α-hetero) is 1. The molecule has 0 saturated heterocycles. The summed E-state index contributed by atoms with van der Waals surface area (Å²) in [4.78, 5) is 38.8. The van der Waals surface area contributed by atoms with Gasteiger partial charge in [0.1, 0.15) is 17.1 Å². The van der Waals surface area contributed by atoms with Crippen molar-refractivity contribution < 1.29 is 13.9 Å². The molecule has 0 bridgehead atoms. The number of aromatic nitrogens is 4. The molecule has 29 heavy (non-hydrogen) atoms. The normalized spacial score (nSPS) is 13.4. The maximum absolute atomic E-state index is 12.6. The number of thioether (sulfide) groups is 1. The Morgan fingerprint density at radius 2 is 2.03 bits per heavy atom. The first-order valence-electron chi connectivity index (χ1n) is 8.76. The highest BCUT2D eigenvalue weighted by Crippen LogP contribution is 2.35. The maximum Gasteiger partial charge on any atom is 0.330 e. The predicted molar refractivity (Wildman–Crippen MR) is 105 cm³/mol. The molecule has 1 saturated carbocycles. The van der Waals surface area contributed by atoms with Gasteiger partial charge in [-0.15, -0.1) is 10.2 Å². The largest absolute Gasteiger partial charge is 0.497 e. The van der Waals surface area contributed by atoms with Crippen molar-refractivity contribution in [1.29, 1.82) is 0 Å². The van der Waals surface area contributed by atoms with Gasteiger partial charge in [-0.05, 0) is 37.1 Å². The van der Waals surface area contributed by atoms with Crippen LogP contribution in [0.15, 0.2) is 43.5 Å². The van der Waals surface area contributed by atoms with Crippen molar-refractivity contribution in [2.24, 2.45) is 0 Å². The molecule has 0 radical (unpaired) electrons. The standard InChI is InChI=1S/C18H17N5O5S/c1-27-11-6-2-9(3-7-11)16-21-22-18(28-16)29-8-12(24)13-14(19)23(10-4-5-10)17(26)20-15(13)25/h2-3,6-7,10H,4-5,8,19H2,1H3,(H,20,25,26). The highest BCUT2D eigenvalue weighted by atomic mass is 32.2. The van der Waals surface area contributed by atoms with E-state index in [1.807, 2.05) is 0 Å². The van der Waals surface area contributed by atoms with Gasteiger partial charge in [-0.25, -0.2) is 4.79 Å². The minimum absolute atomic E-state index is 0.0680. The quantitative estimate of drug-likeness (QED) is 0.433. The number of methoxy groups -OCH3 is 1. The van der Waals surface area contributed by atoms with Gasteiger partial charge in [-0.3, -0.25) is 19.1 Å². The first-order chi connectivity index (χ1) is 14.0. The minimum atomic E-state index is -0.792. The van der Waals surface area contributed by atoms with E-state index in [4.69, 9.17) is 14.9 Å². The molecule has 0 aliphatic heterocycles. The molecule has 1 aliphatic carbocycles. The monoisotopic (exact) mass is 415 g/mol. The minimum Gasteiger partial charge on any atom is -0.497 e. The Morgan fingerprint density at radius 1 is 1.31 bits per heavy atom.